The Labute approximate surface area is 927 Å². The van der Waals surface area contributed by atoms with Crippen LogP contribution < -0.4 is 4.57 Å². The third kappa shape index (κ3) is 34.4. The van der Waals surface area contributed by atoms with Gasteiger partial charge in [0.1, 0.15) is 0 Å². The minimum atomic E-state index is -0.203. The van der Waals surface area contributed by atoms with Gasteiger partial charge in [-0.05, 0) is 400 Å². The lowest BCUT2D eigenvalue weighted by atomic mass is 9.71. The summed E-state index contributed by atoms with van der Waals surface area (Å²) in [6, 6.07) is 21.5. The number of piperidine rings is 3. The van der Waals surface area contributed by atoms with Crippen molar-refractivity contribution < 1.29 is 14.0 Å². The molecule has 0 amide bonds. The Bertz CT molecular complexity index is 4030. The fourth-order valence-electron chi connectivity index (χ4n) is 30.5. The van der Waals surface area contributed by atoms with E-state index in [1.807, 2.05) is 34.0 Å². The van der Waals surface area contributed by atoms with Crippen LogP contribution in [-0.4, -0.2) is 445 Å². The molecule has 2 aromatic rings. The van der Waals surface area contributed by atoms with Crippen LogP contribution in [0.1, 0.15) is 354 Å². The molecule has 14 unspecified atom stereocenters. The van der Waals surface area contributed by atoms with E-state index in [0.29, 0.717) is 40.5 Å². The Kier molecular flexibility index (Phi) is 49.7. The van der Waals surface area contributed by atoms with Crippen LogP contribution in [0.25, 0.3) is 0 Å². The molecule has 19 heterocycles. The summed E-state index contributed by atoms with van der Waals surface area (Å²) in [4.78, 5) is 46.2. The fraction of sp³-hybridized carbons (Fsp3) is 0.937. The van der Waals surface area contributed by atoms with Gasteiger partial charge < -0.3 is 63.4 Å². The van der Waals surface area contributed by atoms with Crippen molar-refractivity contribution >= 4 is 0 Å². The minimum Gasteiger partial charge on any atom is -0.347 e. The Morgan fingerprint density at radius 1 is 0.360 bits per heavy atom. The van der Waals surface area contributed by atoms with Gasteiger partial charge in [-0.1, -0.05) is 92.0 Å². The highest BCUT2D eigenvalue weighted by Crippen LogP contribution is 2.53. The molecule has 1 aromatic carbocycles. The number of aromatic amines is 1. The van der Waals surface area contributed by atoms with E-state index in [9.17, 15) is 0 Å². The molecule has 4 bridgehead atoms. The van der Waals surface area contributed by atoms with Crippen LogP contribution in [0.4, 0.5) is 0 Å². The van der Waals surface area contributed by atoms with Crippen molar-refractivity contribution in [1.29, 1.82) is 0 Å². The summed E-state index contributed by atoms with van der Waals surface area (Å²) in [6.07, 6.45) is 25.7. The number of hydrogen-bond acceptors (Lipinski definition) is 21. The van der Waals surface area contributed by atoms with Crippen molar-refractivity contribution in [2.75, 3.05) is 239 Å². The molecule has 4 aliphatic carbocycles. The number of nitrogens with one attached hydrogen (secondary N) is 1. The van der Waals surface area contributed by atoms with E-state index < -0.39 is 0 Å². The molecule has 1 aromatic heterocycles. The number of rotatable bonds is 12. The van der Waals surface area contributed by atoms with Crippen LogP contribution in [0.5, 0.6) is 0 Å². The summed E-state index contributed by atoms with van der Waals surface area (Å²) in [5, 5.41) is 7.02. The van der Waals surface area contributed by atoms with E-state index in [4.69, 9.17) is 9.47 Å². The van der Waals surface area contributed by atoms with Crippen LogP contribution in [-0.2, 0) is 29.1 Å². The zero-order chi connectivity index (χ0) is 110. The van der Waals surface area contributed by atoms with Gasteiger partial charge in [0, 0.05) is 289 Å². The average Bonchev–Trinajstić information content (AvgIpc) is 1.58. The fourth-order valence-corrected chi connectivity index (χ4v) is 30.5. The molecule has 5 spiro atoms. The molecule has 24 rings (SSSR count). The lowest BCUT2D eigenvalue weighted by molar-refractivity contribution is -0.712. The van der Waals surface area contributed by atoms with Gasteiger partial charge in [-0.2, -0.15) is 0 Å². The molecular weight excluding hydrogens is 1850 g/mol. The van der Waals surface area contributed by atoms with Gasteiger partial charge in [-0.15, -0.1) is 5.10 Å². The number of ether oxygens (including phenoxy) is 2. The molecular formula is C127H246N21O2+. The normalized spacial score (nSPS) is 32.5. The Morgan fingerprint density at radius 2 is 0.827 bits per heavy atom. The molecule has 23 nitrogen and oxygen atoms in total. The van der Waals surface area contributed by atoms with Crippen LogP contribution in [0, 0.1) is 69.5 Å². The molecule has 23 heteroatoms. The van der Waals surface area contributed by atoms with Crippen LogP contribution in [0.3, 0.4) is 0 Å². The van der Waals surface area contributed by atoms with Gasteiger partial charge in [0.2, 0.25) is 5.82 Å². The van der Waals surface area contributed by atoms with Crippen LogP contribution in [0.2, 0.25) is 0 Å². The molecule has 16 saturated heterocycles. The maximum atomic E-state index is 5.66. The maximum Gasteiger partial charge on any atom is 0.265 e. The Morgan fingerprint density at radius 3 is 1.29 bits per heavy atom. The number of piperazine rings is 3. The number of likely N-dealkylation sites (N-methyl/N-ethyl adjacent to an activating group) is 3. The van der Waals surface area contributed by atoms with Gasteiger partial charge >= 0.3 is 0 Å². The molecule has 22 aliphatic rings. The highest BCUT2D eigenvalue weighted by atomic mass is 16.7. The number of nitrogens with zero attached hydrogens (tertiary/aromatic N) is 20. The first-order valence-corrected chi connectivity index (χ1v) is 63.5. The monoisotopic (exact) mass is 2100 g/mol. The van der Waals surface area contributed by atoms with E-state index in [2.05, 4.69) is 363 Å². The molecule has 20 fully saturated rings. The van der Waals surface area contributed by atoms with Crippen molar-refractivity contribution in [3.63, 3.8) is 0 Å². The summed E-state index contributed by atoms with van der Waals surface area (Å²) >= 11 is 0. The Hall–Kier alpha value is -2.44. The Balaban J connectivity index is 0.000000155. The molecule has 150 heavy (non-hydrogen) atoms. The summed E-state index contributed by atoms with van der Waals surface area (Å²) in [5.74, 6) is 10.2. The summed E-state index contributed by atoms with van der Waals surface area (Å²) < 4.78 is 13.5. The number of likely N-dealkylation sites (tertiary alicyclic amines) is 13. The second-order valence-corrected chi connectivity index (χ2v) is 55.6. The highest BCUT2D eigenvalue weighted by molar-refractivity contribution is 5.33. The van der Waals surface area contributed by atoms with E-state index in [0.717, 1.165) is 203 Å². The molecule has 18 aliphatic heterocycles. The van der Waals surface area contributed by atoms with Gasteiger partial charge in [0.25, 0.3) is 6.33 Å². The third-order valence-electron chi connectivity index (χ3n) is 41.9. The molecule has 0 radical (unpaired) electrons. The van der Waals surface area contributed by atoms with Crippen molar-refractivity contribution in [2.45, 2.75) is 464 Å². The van der Waals surface area contributed by atoms with E-state index in [1.54, 1.807) is 0 Å². The number of benzene rings is 1. The second-order valence-electron chi connectivity index (χ2n) is 55.6. The summed E-state index contributed by atoms with van der Waals surface area (Å²) in [5.41, 5.74) is 5.73. The first-order chi connectivity index (χ1) is 71.1. The van der Waals surface area contributed by atoms with Gasteiger partial charge in [0.15, 0.2) is 5.79 Å². The lowest BCUT2D eigenvalue weighted by Crippen LogP contribution is -2.55. The topological polar surface area (TPSA) is 109 Å². The van der Waals surface area contributed by atoms with Gasteiger partial charge in [-0.25, -0.2) is 4.57 Å². The summed E-state index contributed by atoms with van der Waals surface area (Å²) in [7, 11) is 13.6. The number of H-pyrrole nitrogens is 1. The van der Waals surface area contributed by atoms with Gasteiger partial charge in [0.05, 0.1) is 26.3 Å². The van der Waals surface area contributed by atoms with Crippen molar-refractivity contribution in [3.05, 3.63) is 47.5 Å². The zero-order valence-electron chi connectivity index (χ0n) is 106. The number of fused-ring (bicyclic) bond motifs is 9. The minimum absolute atomic E-state index is 0.203. The van der Waals surface area contributed by atoms with Crippen LogP contribution >= 0.6 is 0 Å². The van der Waals surface area contributed by atoms with Crippen molar-refractivity contribution in [3.8, 4) is 0 Å². The van der Waals surface area contributed by atoms with Crippen LogP contribution in [0.15, 0.2) is 30.6 Å². The van der Waals surface area contributed by atoms with E-state index in [1.165, 1.54) is 277 Å². The average molecular weight is 2100 g/mol. The quantitative estimate of drug-likeness (QED) is 0.203. The van der Waals surface area contributed by atoms with Gasteiger partial charge in [-0.3, -0.25) is 34.3 Å². The second kappa shape index (κ2) is 58.4. The standard InChI is InChI=1S/C13H25N.C12H17N.C11H22N2.C11H21N.4C10H20N2.C10H19NO2.C9H18N2.C9H17N.C8H14N4.2C2H6/c1-11(2)14-9-7-13(8-10-14)6-4-5-12(13)3;1-9(2)13-8-11-6-4-5-7-12(11)10(13)3;1-10(2)13-7-5-11(9-13)4-6-12(3)8-11;1-8(2)12-6-10-5-4-9(3)11(10)7-12;1-8(2)12-6-9-4-11(3)5-10(9)7-12;1-9(2)12-5-4-10(8-12)6-11(3)7-10;1-8(2)12-6-9-4-5-10(7-12)11(9)3;1-9(2)12-7-6-11(3)10(8-12)4-5-10;1-9(2)11-5-3-10(4-6-11)12-7-8-13-10;1-7(2)11-6-8-4-9(11)5-10(8)3;1-6(2)10-4-8-7(3)9(8)5-10;1-7(2)11-3-4-12-6-9-10-8(12)5-11;2*1-2/h11-12H,4-10H2,1-3H3;4-7,9-10H,8H2,1-3H3;10H,4-9H2,1-3H3;8-11H,4-7H2,1-3H3;8-10H,4-7H2,1-3H3;9H,4-8H2,1-3H3;8-10H,4-7H2,1-3H3;9H,4-8H2,1-3H3;9H,3-8H2,1-2H3;7-9H,4-6H2,1-3H3;6-9H,4-5H2,1-3H3;6-7H,3-5H2,1-2H3;2*1-2H3/p+1. The number of hydrogen-bond donors (Lipinski definition) is 1. The third-order valence-corrected chi connectivity index (χ3v) is 41.9. The highest BCUT2D eigenvalue weighted by Gasteiger charge is 2.55. The first kappa shape index (κ1) is 128. The van der Waals surface area contributed by atoms with E-state index in [-0.39, 0.29) is 5.79 Å². The molecule has 14 atom stereocenters. The SMILES string of the molecule is CC.CC.CC(C)N1CC2CC1CN2C.CC(C)N1CC2CCC(C1)N2C.CC(C)N1CC2CN(C)CC2C1.CC(C)N1CCC2(CC1)OCCO2.CC(C)N1CCC2(CCCC2C)CC1.CC(C)N1CCC2(CCN(C)C2)C1.CC(C)N1CCC2(CN(C)C2)C1.CC(C)N1CCN(C)C2(CC2)C1.CC(C)N1CC[n+]2cn[nH]c2C1.CC(C)N1Cc2ccccc2C1C.CC1C2CN(C(C)C)CC12.CC1CCC2CN(C(C)C)CC12. The number of aromatic nitrogens is 3. The zero-order valence-corrected chi connectivity index (χ0v) is 106. The largest absolute Gasteiger partial charge is 0.347 e. The van der Waals surface area contributed by atoms with E-state index >= 15 is 0 Å². The smallest absolute Gasteiger partial charge is 0.265 e. The molecule has 4 saturated carbocycles. The lowest BCUT2D eigenvalue weighted by Gasteiger charge is -2.46. The molecule has 1 N–H and O–H groups in total. The first-order valence-electron chi connectivity index (χ1n) is 63.5. The predicted molar refractivity (Wildman–Crippen MR) is 637 cm³/mol. The van der Waals surface area contributed by atoms with Crippen molar-refractivity contribution in [1.82, 2.24) is 98.4 Å². The molecule has 870 valence electrons. The summed E-state index contributed by atoms with van der Waals surface area (Å²) in [6.45, 7) is 114. The maximum absolute atomic E-state index is 5.66. The predicted octanol–water partition coefficient (Wildman–Crippen LogP) is 19.9. The van der Waals surface area contributed by atoms with Crippen molar-refractivity contribution in [2.24, 2.45) is 69.5 Å².